The lowest BCUT2D eigenvalue weighted by Crippen LogP contribution is -2.40. The number of fused-ring (bicyclic) bond motifs is 1. The number of nitrogens with zero attached hydrogens (tertiary/aromatic N) is 2. The number of aromatic nitrogens is 1. The van der Waals surface area contributed by atoms with Gasteiger partial charge in [-0.05, 0) is 62.2 Å². The van der Waals surface area contributed by atoms with Crippen molar-refractivity contribution in [3.05, 3.63) is 78.5 Å². The van der Waals surface area contributed by atoms with Crippen molar-refractivity contribution in [1.82, 2.24) is 4.57 Å². The zero-order valence-corrected chi connectivity index (χ0v) is 25.3. The Kier molecular flexibility index (Phi) is 9.84. The summed E-state index contributed by atoms with van der Waals surface area (Å²) in [6.07, 6.45) is 2.96. The highest BCUT2D eigenvalue weighted by molar-refractivity contribution is 7.07. The van der Waals surface area contributed by atoms with Gasteiger partial charge in [0.1, 0.15) is 17.5 Å². The van der Waals surface area contributed by atoms with E-state index in [1.54, 1.807) is 56.5 Å². The molecule has 10 nitrogen and oxygen atoms in total. The van der Waals surface area contributed by atoms with E-state index in [0.717, 1.165) is 6.42 Å². The summed E-state index contributed by atoms with van der Waals surface area (Å²) in [5.74, 6) is 0.680. The monoisotopic (exact) mass is 594 g/mol. The summed E-state index contributed by atoms with van der Waals surface area (Å²) in [7, 11) is 3.08. The van der Waals surface area contributed by atoms with Crippen LogP contribution in [0.4, 0.5) is 0 Å². The standard InChI is InChI=1S/C31H34N2O8S/c1-7-10-22-27(30(36)40-9-3)28(21-17-20(37-5)12-14-23(21)38-6)33-29(35)26(42-31(33)32-22)16-19-11-13-24(41-18(4)34)25(15-19)39-8-2/h11-17,28H,7-10H2,1-6H3/b26-16-/t28-/m0/s1. The van der Waals surface area contributed by atoms with Gasteiger partial charge >= 0.3 is 11.9 Å². The average molecular weight is 595 g/mol. The van der Waals surface area contributed by atoms with E-state index in [4.69, 9.17) is 28.7 Å². The third-order valence-electron chi connectivity index (χ3n) is 6.44. The predicted molar refractivity (Wildman–Crippen MR) is 158 cm³/mol. The first kappa shape index (κ1) is 30.6. The molecule has 3 aromatic rings. The number of hydrogen-bond donors (Lipinski definition) is 0. The molecule has 0 saturated carbocycles. The molecule has 42 heavy (non-hydrogen) atoms. The van der Waals surface area contributed by atoms with Gasteiger partial charge < -0.3 is 23.7 Å². The maximum absolute atomic E-state index is 14.1. The molecule has 2 aromatic carbocycles. The third-order valence-corrected chi connectivity index (χ3v) is 7.43. The van der Waals surface area contributed by atoms with Gasteiger partial charge in [0.25, 0.3) is 5.56 Å². The molecule has 1 aromatic heterocycles. The Bertz CT molecular complexity index is 1700. The number of thiazole rings is 1. The molecule has 0 bridgehead atoms. The van der Waals surface area contributed by atoms with Crippen LogP contribution in [-0.4, -0.2) is 43.9 Å². The first-order valence-corrected chi connectivity index (χ1v) is 14.5. The maximum atomic E-state index is 14.1. The average Bonchev–Trinajstić information content (AvgIpc) is 3.27. The topological polar surface area (TPSA) is 115 Å². The fourth-order valence-electron chi connectivity index (χ4n) is 4.74. The van der Waals surface area contributed by atoms with E-state index in [9.17, 15) is 14.4 Å². The summed E-state index contributed by atoms with van der Waals surface area (Å²) in [6.45, 7) is 7.40. The van der Waals surface area contributed by atoms with E-state index in [-0.39, 0.29) is 23.5 Å². The number of hydrogen-bond acceptors (Lipinski definition) is 10. The predicted octanol–water partition coefficient (Wildman–Crippen LogP) is 3.92. The Balaban J connectivity index is 1.99. The molecule has 0 aliphatic carbocycles. The van der Waals surface area contributed by atoms with E-state index in [1.165, 1.54) is 29.9 Å². The second-order valence-corrected chi connectivity index (χ2v) is 10.3. The van der Waals surface area contributed by atoms with Crippen LogP contribution in [0.5, 0.6) is 23.0 Å². The van der Waals surface area contributed by atoms with E-state index < -0.39 is 18.0 Å². The van der Waals surface area contributed by atoms with E-state index in [2.05, 4.69) is 0 Å². The second-order valence-electron chi connectivity index (χ2n) is 9.25. The van der Waals surface area contributed by atoms with Crippen molar-refractivity contribution in [1.29, 1.82) is 0 Å². The van der Waals surface area contributed by atoms with Crippen molar-refractivity contribution in [2.24, 2.45) is 4.99 Å². The number of esters is 2. The smallest absolute Gasteiger partial charge is 0.338 e. The Morgan fingerprint density at radius 1 is 1.00 bits per heavy atom. The van der Waals surface area contributed by atoms with Crippen LogP contribution in [0.1, 0.15) is 57.7 Å². The van der Waals surface area contributed by atoms with E-state index in [0.29, 0.717) is 56.4 Å². The molecule has 1 atom stereocenters. The normalized spacial score (nSPS) is 14.6. The van der Waals surface area contributed by atoms with Crippen LogP contribution in [0.2, 0.25) is 0 Å². The number of methoxy groups -OCH3 is 2. The summed E-state index contributed by atoms with van der Waals surface area (Å²) in [5, 5.41) is 0. The molecule has 2 heterocycles. The molecule has 0 radical (unpaired) electrons. The molecular weight excluding hydrogens is 560 g/mol. The molecule has 4 rings (SSSR count). The van der Waals surface area contributed by atoms with Crippen molar-refractivity contribution in [2.75, 3.05) is 27.4 Å². The number of rotatable bonds is 11. The molecule has 0 saturated heterocycles. The van der Waals surface area contributed by atoms with Gasteiger partial charge in [-0.3, -0.25) is 14.2 Å². The van der Waals surface area contributed by atoms with Crippen LogP contribution in [0.15, 0.2) is 57.5 Å². The summed E-state index contributed by atoms with van der Waals surface area (Å²) in [5.41, 5.74) is 1.73. The molecule has 0 amide bonds. The van der Waals surface area contributed by atoms with Crippen molar-refractivity contribution in [3.8, 4) is 23.0 Å². The van der Waals surface area contributed by atoms with Crippen LogP contribution in [0, 0.1) is 0 Å². The zero-order valence-electron chi connectivity index (χ0n) is 24.5. The van der Waals surface area contributed by atoms with Gasteiger partial charge in [0.2, 0.25) is 0 Å². The van der Waals surface area contributed by atoms with Crippen LogP contribution < -0.4 is 33.8 Å². The van der Waals surface area contributed by atoms with Gasteiger partial charge in [0.15, 0.2) is 16.3 Å². The highest BCUT2D eigenvalue weighted by Crippen LogP contribution is 2.38. The lowest BCUT2D eigenvalue weighted by Gasteiger charge is -2.27. The van der Waals surface area contributed by atoms with Crippen molar-refractivity contribution >= 4 is 29.4 Å². The van der Waals surface area contributed by atoms with E-state index >= 15 is 0 Å². The van der Waals surface area contributed by atoms with Gasteiger partial charge in [0, 0.05) is 12.5 Å². The minimum atomic E-state index is -0.862. The Labute approximate surface area is 247 Å². The molecule has 1 aliphatic rings. The number of benzene rings is 2. The fraction of sp³-hybridized carbons (Fsp3) is 0.355. The maximum Gasteiger partial charge on any atom is 0.338 e. The lowest BCUT2D eigenvalue weighted by atomic mass is 9.93. The van der Waals surface area contributed by atoms with Gasteiger partial charge in [0.05, 0.1) is 43.2 Å². The summed E-state index contributed by atoms with van der Waals surface area (Å²) in [4.78, 5) is 44.3. The van der Waals surface area contributed by atoms with Crippen LogP contribution in [0.3, 0.4) is 0 Å². The van der Waals surface area contributed by atoms with E-state index in [1.807, 2.05) is 13.8 Å². The second kappa shape index (κ2) is 13.5. The van der Waals surface area contributed by atoms with Gasteiger partial charge in [-0.15, -0.1) is 0 Å². The number of carbonyl (C=O) groups excluding carboxylic acids is 2. The number of allylic oxidation sites excluding steroid dienone is 1. The molecule has 222 valence electrons. The first-order chi connectivity index (χ1) is 20.3. The quantitative estimate of drug-likeness (QED) is 0.243. The summed E-state index contributed by atoms with van der Waals surface area (Å²) < 4.78 is 29.5. The number of carbonyl (C=O) groups is 2. The summed E-state index contributed by atoms with van der Waals surface area (Å²) >= 11 is 1.21. The van der Waals surface area contributed by atoms with Crippen molar-refractivity contribution < 1.29 is 33.3 Å². The fourth-order valence-corrected chi connectivity index (χ4v) is 5.76. The molecule has 11 heteroatoms. The molecule has 0 spiro atoms. The molecular formula is C31H34N2O8S. The minimum Gasteiger partial charge on any atom is -0.497 e. The largest absolute Gasteiger partial charge is 0.497 e. The highest BCUT2D eigenvalue weighted by Gasteiger charge is 2.36. The zero-order chi connectivity index (χ0) is 30.4. The Morgan fingerprint density at radius 3 is 2.40 bits per heavy atom. The van der Waals surface area contributed by atoms with Crippen LogP contribution >= 0.6 is 11.3 Å². The minimum absolute atomic E-state index is 0.166. The lowest BCUT2D eigenvalue weighted by molar-refractivity contribution is -0.139. The molecule has 1 aliphatic heterocycles. The number of ether oxygens (including phenoxy) is 5. The van der Waals surface area contributed by atoms with Gasteiger partial charge in [-0.2, -0.15) is 0 Å². The van der Waals surface area contributed by atoms with Crippen molar-refractivity contribution in [2.45, 2.75) is 46.6 Å². The first-order valence-electron chi connectivity index (χ1n) is 13.6. The SMILES string of the molecule is CCCC1=C(C(=O)OCC)[C@H](c2cc(OC)ccc2OC)n2c(s/c(=C\c3ccc(OC(C)=O)c(OCC)c3)c2=O)=N1. The van der Waals surface area contributed by atoms with Crippen molar-refractivity contribution in [3.63, 3.8) is 0 Å². The Morgan fingerprint density at radius 2 is 1.76 bits per heavy atom. The van der Waals surface area contributed by atoms with Gasteiger partial charge in [-0.1, -0.05) is 30.7 Å². The van der Waals surface area contributed by atoms with Crippen LogP contribution in [-0.2, 0) is 14.3 Å². The molecule has 0 N–H and O–H groups in total. The highest BCUT2D eigenvalue weighted by atomic mass is 32.1. The third kappa shape index (κ3) is 6.25. The molecule has 0 fully saturated rings. The van der Waals surface area contributed by atoms with Gasteiger partial charge in [-0.25, -0.2) is 9.79 Å². The molecule has 0 unspecified atom stereocenters. The summed E-state index contributed by atoms with van der Waals surface area (Å²) in [6, 6.07) is 9.45. The Hall–Kier alpha value is -4.38. The van der Waals surface area contributed by atoms with Crippen LogP contribution in [0.25, 0.3) is 6.08 Å².